The summed E-state index contributed by atoms with van der Waals surface area (Å²) in [5, 5.41) is 3.55. The third kappa shape index (κ3) is 5.68. The first-order valence-electron chi connectivity index (χ1n) is 10.0. The fraction of sp³-hybridized carbons (Fsp3) is 0.259. The first-order valence-corrected chi connectivity index (χ1v) is 10.0. The molecule has 0 saturated heterocycles. The molecule has 28 heavy (non-hydrogen) atoms. The Hall–Kier alpha value is -2.64. The van der Waals surface area contributed by atoms with Gasteiger partial charge in [0.15, 0.2) is 0 Å². The number of hydrogen-bond acceptors (Lipinski definition) is 1. The van der Waals surface area contributed by atoms with Crippen molar-refractivity contribution < 1.29 is 0 Å². The molecule has 0 radical (unpaired) electrons. The van der Waals surface area contributed by atoms with E-state index in [2.05, 4.69) is 112 Å². The van der Waals surface area contributed by atoms with Crippen LogP contribution in [0.3, 0.4) is 0 Å². The van der Waals surface area contributed by atoms with Crippen molar-refractivity contribution in [3.8, 4) is 0 Å². The molecule has 0 aromatic heterocycles. The van der Waals surface area contributed by atoms with Crippen LogP contribution in [0.1, 0.15) is 55.5 Å². The number of hydrogen-bond donors (Lipinski definition) is 1. The summed E-state index contributed by atoms with van der Waals surface area (Å²) < 4.78 is 0. The van der Waals surface area contributed by atoms with Gasteiger partial charge in [0.25, 0.3) is 0 Å². The van der Waals surface area contributed by atoms with Crippen molar-refractivity contribution in [1.29, 1.82) is 0 Å². The van der Waals surface area contributed by atoms with Crippen molar-refractivity contribution in [2.75, 3.05) is 0 Å². The zero-order valence-corrected chi connectivity index (χ0v) is 17.5. The maximum atomic E-state index is 3.55. The molecule has 0 unspecified atom stereocenters. The molecular formula is C27H31N. The predicted molar refractivity (Wildman–Crippen MR) is 122 cm³/mol. The summed E-state index contributed by atoms with van der Waals surface area (Å²) in [6, 6.07) is 28.3. The van der Waals surface area contributed by atoms with Crippen LogP contribution in [0.5, 0.6) is 0 Å². The largest absolute Gasteiger partial charge is 0.309 e. The molecule has 0 aliphatic heterocycles. The normalized spacial score (nSPS) is 12.2. The third-order valence-electron chi connectivity index (χ3n) is 5.07. The molecule has 0 amide bonds. The van der Waals surface area contributed by atoms with E-state index in [0.29, 0.717) is 0 Å². The van der Waals surface area contributed by atoms with E-state index in [1.807, 2.05) is 6.07 Å². The highest BCUT2D eigenvalue weighted by Crippen LogP contribution is 2.22. The smallest absolute Gasteiger partial charge is 0.0208 e. The van der Waals surface area contributed by atoms with Crippen molar-refractivity contribution in [2.45, 2.75) is 46.2 Å². The van der Waals surface area contributed by atoms with Gasteiger partial charge in [0, 0.05) is 13.1 Å². The molecule has 0 aliphatic rings. The highest BCUT2D eigenvalue weighted by Gasteiger charge is 2.12. The van der Waals surface area contributed by atoms with Gasteiger partial charge in [-0.25, -0.2) is 0 Å². The quantitative estimate of drug-likeness (QED) is 0.469. The average molecular weight is 370 g/mol. The minimum atomic E-state index is 0.209. The molecule has 0 aliphatic carbocycles. The van der Waals surface area contributed by atoms with Gasteiger partial charge in [0.05, 0.1) is 0 Å². The number of benzene rings is 3. The Balaban J connectivity index is 1.54. The zero-order valence-electron chi connectivity index (χ0n) is 17.5. The Bertz CT molecular complexity index is 895. The maximum absolute atomic E-state index is 3.55. The molecule has 0 spiro atoms. The van der Waals surface area contributed by atoms with Crippen LogP contribution in [-0.2, 0) is 18.5 Å². The van der Waals surface area contributed by atoms with Crippen molar-refractivity contribution in [1.82, 2.24) is 5.32 Å². The molecule has 1 N–H and O–H groups in total. The van der Waals surface area contributed by atoms with Gasteiger partial charge >= 0.3 is 0 Å². The topological polar surface area (TPSA) is 12.0 Å². The minimum absolute atomic E-state index is 0.209. The van der Waals surface area contributed by atoms with Crippen LogP contribution >= 0.6 is 0 Å². The maximum Gasteiger partial charge on any atom is 0.0208 e. The molecule has 144 valence electrons. The van der Waals surface area contributed by atoms with Crippen molar-refractivity contribution in [3.63, 3.8) is 0 Å². The molecule has 1 nitrogen and oxygen atoms in total. The van der Waals surface area contributed by atoms with Gasteiger partial charge in [-0.2, -0.15) is 0 Å². The minimum Gasteiger partial charge on any atom is -0.309 e. The SMILES string of the molecule is C/C(=C\c1ccccc1)c1ccc(CNCc2ccc(C(C)(C)C)cc2)cc1. The van der Waals surface area contributed by atoms with Gasteiger partial charge in [-0.15, -0.1) is 0 Å². The Morgan fingerprint density at radius 3 is 1.82 bits per heavy atom. The lowest BCUT2D eigenvalue weighted by Gasteiger charge is -2.19. The van der Waals surface area contributed by atoms with Crippen LogP contribution < -0.4 is 5.32 Å². The van der Waals surface area contributed by atoms with Gasteiger partial charge in [-0.05, 0) is 45.7 Å². The predicted octanol–water partition coefficient (Wildman–Crippen LogP) is 6.83. The van der Waals surface area contributed by atoms with E-state index < -0.39 is 0 Å². The third-order valence-corrected chi connectivity index (χ3v) is 5.07. The monoisotopic (exact) mass is 369 g/mol. The fourth-order valence-corrected chi connectivity index (χ4v) is 3.24. The first kappa shape index (κ1) is 20.1. The first-order chi connectivity index (χ1) is 13.4. The second-order valence-corrected chi connectivity index (χ2v) is 8.49. The van der Waals surface area contributed by atoms with Crippen LogP contribution in [0.4, 0.5) is 0 Å². The summed E-state index contributed by atoms with van der Waals surface area (Å²) in [5.74, 6) is 0. The lowest BCUT2D eigenvalue weighted by molar-refractivity contribution is 0.589. The van der Waals surface area contributed by atoms with Crippen molar-refractivity contribution >= 4 is 11.6 Å². The molecule has 1 heteroatoms. The molecule has 0 heterocycles. The summed E-state index contributed by atoms with van der Waals surface area (Å²) in [5.41, 5.74) is 8.01. The molecule has 0 atom stereocenters. The van der Waals surface area contributed by atoms with Crippen molar-refractivity contribution in [2.24, 2.45) is 0 Å². The fourth-order valence-electron chi connectivity index (χ4n) is 3.24. The van der Waals surface area contributed by atoms with E-state index in [1.165, 1.54) is 33.4 Å². The van der Waals surface area contributed by atoms with Gasteiger partial charge in [-0.3, -0.25) is 0 Å². The van der Waals surface area contributed by atoms with Crippen LogP contribution in [0, 0.1) is 0 Å². The van der Waals surface area contributed by atoms with Crippen LogP contribution in [-0.4, -0.2) is 0 Å². The molecule has 0 saturated carbocycles. The Morgan fingerprint density at radius 1 is 0.750 bits per heavy atom. The molecule has 0 fully saturated rings. The molecule has 3 rings (SSSR count). The Morgan fingerprint density at radius 2 is 1.29 bits per heavy atom. The standard InChI is InChI=1S/C27H31N/c1-21(18-22-8-6-5-7-9-22)25-14-10-23(11-15-25)19-28-20-24-12-16-26(17-13-24)27(2,3)4/h5-18,28H,19-20H2,1-4H3/b21-18+. The molecular weight excluding hydrogens is 338 g/mol. The summed E-state index contributed by atoms with van der Waals surface area (Å²) >= 11 is 0. The van der Waals surface area contributed by atoms with Crippen LogP contribution in [0.2, 0.25) is 0 Å². The number of rotatable bonds is 6. The van der Waals surface area contributed by atoms with E-state index in [9.17, 15) is 0 Å². The second kappa shape index (κ2) is 9.03. The summed E-state index contributed by atoms with van der Waals surface area (Å²) in [6.45, 7) is 10.7. The second-order valence-electron chi connectivity index (χ2n) is 8.49. The van der Waals surface area contributed by atoms with Gasteiger partial charge in [0.2, 0.25) is 0 Å². The highest BCUT2D eigenvalue weighted by atomic mass is 14.8. The zero-order chi connectivity index (χ0) is 20.0. The summed E-state index contributed by atoms with van der Waals surface area (Å²) in [7, 11) is 0. The lowest BCUT2D eigenvalue weighted by atomic mass is 9.87. The van der Waals surface area contributed by atoms with E-state index in [-0.39, 0.29) is 5.41 Å². The number of allylic oxidation sites excluding steroid dienone is 1. The Labute approximate surface area is 170 Å². The summed E-state index contributed by atoms with van der Waals surface area (Å²) in [6.07, 6.45) is 2.23. The van der Waals surface area contributed by atoms with Crippen molar-refractivity contribution in [3.05, 3.63) is 107 Å². The molecule has 0 bridgehead atoms. The summed E-state index contributed by atoms with van der Waals surface area (Å²) in [4.78, 5) is 0. The Kier molecular flexibility index (Phi) is 6.49. The van der Waals surface area contributed by atoms with E-state index in [0.717, 1.165) is 13.1 Å². The van der Waals surface area contributed by atoms with Gasteiger partial charge in [0.1, 0.15) is 0 Å². The average Bonchev–Trinajstić information content (AvgIpc) is 2.69. The molecule has 3 aromatic rings. The van der Waals surface area contributed by atoms with E-state index in [1.54, 1.807) is 0 Å². The van der Waals surface area contributed by atoms with Gasteiger partial charge in [-0.1, -0.05) is 106 Å². The lowest BCUT2D eigenvalue weighted by Crippen LogP contribution is -2.14. The highest BCUT2D eigenvalue weighted by molar-refractivity contribution is 5.80. The van der Waals surface area contributed by atoms with Crippen LogP contribution in [0.25, 0.3) is 11.6 Å². The van der Waals surface area contributed by atoms with E-state index >= 15 is 0 Å². The van der Waals surface area contributed by atoms with Crippen LogP contribution in [0.15, 0.2) is 78.9 Å². The molecule has 3 aromatic carbocycles. The number of nitrogens with one attached hydrogen (secondary N) is 1. The van der Waals surface area contributed by atoms with E-state index in [4.69, 9.17) is 0 Å². The van der Waals surface area contributed by atoms with Gasteiger partial charge < -0.3 is 5.32 Å².